The second kappa shape index (κ2) is 3.04. The van der Waals surface area contributed by atoms with Crippen molar-refractivity contribution >= 4 is 21.6 Å². The molecule has 1 heterocycles. The van der Waals surface area contributed by atoms with Crippen molar-refractivity contribution in [2.45, 2.75) is 6.92 Å². The molecule has 0 fully saturated rings. The summed E-state index contributed by atoms with van der Waals surface area (Å²) in [6.07, 6.45) is 1.64. The van der Waals surface area contributed by atoms with Crippen molar-refractivity contribution in [1.29, 1.82) is 5.26 Å². The van der Waals surface area contributed by atoms with Crippen molar-refractivity contribution in [3.63, 3.8) is 0 Å². The first-order chi connectivity index (χ1) is 6.31. The quantitative estimate of drug-likeness (QED) is 0.649. The summed E-state index contributed by atoms with van der Waals surface area (Å²) < 4.78 is 10.0. The van der Waals surface area contributed by atoms with E-state index in [0.29, 0.717) is 5.75 Å². The molecule has 0 N–H and O–H groups in total. The maximum absolute atomic E-state index is 8.33. The SMILES string of the molecule is Cc1nsc2ccc(OC#N)cc12. The molecule has 3 nitrogen and oxygen atoms in total. The molecule has 0 amide bonds. The molecule has 0 aliphatic carbocycles. The van der Waals surface area contributed by atoms with Crippen LogP contribution in [0.1, 0.15) is 5.69 Å². The third-order valence-corrected chi connectivity index (χ3v) is 2.70. The Hall–Kier alpha value is -1.60. The average molecular weight is 190 g/mol. The van der Waals surface area contributed by atoms with Gasteiger partial charge in [0, 0.05) is 5.39 Å². The van der Waals surface area contributed by atoms with E-state index in [-0.39, 0.29) is 0 Å². The highest BCUT2D eigenvalue weighted by Crippen LogP contribution is 2.26. The van der Waals surface area contributed by atoms with E-state index in [2.05, 4.69) is 4.37 Å². The standard InChI is InChI=1S/C9H6N2OS/c1-6-8-4-7(12-5-10)2-3-9(8)13-11-6/h2-4H,1H3. The van der Waals surface area contributed by atoms with Crippen LogP contribution in [0.15, 0.2) is 18.2 Å². The van der Waals surface area contributed by atoms with Gasteiger partial charge in [-0.1, -0.05) is 0 Å². The van der Waals surface area contributed by atoms with Gasteiger partial charge in [0.2, 0.25) is 0 Å². The second-order valence-electron chi connectivity index (χ2n) is 2.62. The van der Waals surface area contributed by atoms with Crippen molar-refractivity contribution in [2.75, 3.05) is 0 Å². The molecular formula is C9H6N2OS. The predicted octanol–water partition coefficient (Wildman–Crippen LogP) is 2.46. The Bertz CT molecular complexity index is 484. The van der Waals surface area contributed by atoms with Gasteiger partial charge in [-0.25, -0.2) is 0 Å². The number of benzene rings is 1. The van der Waals surface area contributed by atoms with Crippen LogP contribution in [0.3, 0.4) is 0 Å². The minimum atomic E-state index is 0.568. The van der Waals surface area contributed by atoms with Crippen LogP contribution in [0, 0.1) is 18.4 Å². The second-order valence-corrected chi connectivity index (χ2v) is 3.42. The van der Waals surface area contributed by atoms with Gasteiger partial charge < -0.3 is 4.74 Å². The van der Waals surface area contributed by atoms with Gasteiger partial charge in [0.25, 0.3) is 6.26 Å². The number of aryl methyl sites for hydroxylation is 1. The Morgan fingerprint density at radius 2 is 2.38 bits per heavy atom. The number of aromatic nitrogens is 1. The zero-order valence-electron chi connectivity index (χ0n) is 6.94. The van der Waals surface area contributed by atoms with E-state index >= 15 is 0 Å². The van der Waals surface area contributed by atoms with Gasteiger partial charge in [0.1, 0.15) is 5.75 Å². The molecule has 0 aliphatic rings. The normalized spacial score (nSPS) is 9.85. The largest absolute Gasteiger partial charge is 0.388 e. The van der Waals surface area contributed by atoms with E-state index in [9.17, 15) is 0 Å². The van der Waals surface area contributed by atoms with Crippen molar-refractivity contribution in [3.05, 3.63) is 23.9 Å². The fraction of sp³-hybridized carbons (Fsp3) is 0.111. The topological polar surface area (TPSA) is 45.9 Å². The van der Waals surface area contributed by atoms with Crippen molar-refractivity contribution in [3.8, 4) is 12.0 Å². The van der Waals surface area contributed by atoms with Crippen LogP contribution in [0.2, 0.25) is 0 Å². The van der Waals surface area contributed by atoms with Gasteiger partial charge in [-0.2, -0.15) is 4.37 Å². The molecule has 0 bridgehead atoms. The van der Waals surface area contributed by atoms with Crippen molar-refractivity contribution in [2.24, 2.45) is 0 Å². The molecule has 0 aliphatic heterocycles. The molecule has 0 unspecified atom stereocenters. The van der Waals surface area contributed by atoms with E-state index < -0.39 is 0 Å². The summed E-state index contributed by atoms with van der Waals surface area (Å²) in [4.78, 5) is 0. The Labute approximate surface area is 79.4 Å². The minimum absolute atomic E-state index is 0.568. The van der Waals surface area contributed by atoms with Crippen LogP contribution in [-0.2, 0) is 0 Å². The van der Waals surface area contributed by atoms with Gasteiger partial charge in [-0.15, -0.1) is 5.26 Å². The van der Waals surface area contributed by atoms with Crippen LogP contribution < -0.4 is 4.74 Å². The highest BCUT2D eigenvalue weighted by atomic mass is 32.1. The number of nitriles is 1. The molecule has 0 radical (unpaired) electrons. The Morgan fingerprint density at radius 3 is 3.15 bits per heavy atom. The molecule has 64 valence electrons. The lowest BCUT2D eigenvalue weighted by Crippen LogP contribution is -1.80. The van der Waals surface area contributed by atoms with Gasteiger partial charge in [0.05, 0.1) is 10.4 Å². The molecular weight excluding hydrogens is 184 g/mol. The first-order valence-electron chi connectivity index (χ1n) is 3.73. The lowest BCUT2D eigenvalue weighted by atomic mass is 10.2. The summed E-state index contributed by atoms with van der Waals surface area (Å²) >= 11 is 1.45. The fourth-order valence-corrected chi connectivity index (χ4v) is 1.92. The summed E-state index contributed by atoms with van der Waals surface area (Å²) in [6, 6.07) is 5.51. The molecule has 0 spiro atoms. The monoisotopic (exact) mass is 190 g/mol. The Kier molecular flexibility index (Phi) is 1.87. The van der Waals surface area contributed by atoms with E-state index in [4.69, 9.17) is 10.00 Å². The molecule has 0 saturated carbocycles. The summed E-state index contributed by atoms with van der Waals surface area (Å²) in [5.41, 5.74) is 0.975. The molecule has 0 atom stereocenters. The maximum Gasteiger partial charge on any atom is 0.292 e. The summed E-state index contributed by atoms with van der Waals surface area (Å²) in [7, 11) is 0. The smallest absolute Gasteiger partial charge is 0.292 e. The third-order valence-electron chi connectivity index (χ3n) is 1.79. The van der Waals surface area contributed by atoms with E-state index in [1.165, 1.54) is 11.5 Å². The molecule has 1 aromatic carbocycles. The first-order valence-corrected chi connectivity index (χ1v) is 4.50. The van der Waals surface area contributed by atoms with E-state index in [0.717, 1.165) is 15.8 Å². The Balaban J connectivity index is 2.60. The van der Waals surface area contributed by atoms with Crippen LogP contribution in [0.4, 0.5) is 0 Å². The van der Waals surface area contributed by atoms with Crippen molar-refractivity contribution in [1.82, 2.24) is 4.37 Å². The van der Waals surface area contributed by atoms with Gasteiger partial charge >= 0.3 is 0 Å². The average Bonchev–Trinajstić information content (AvgIpc) is 2.49. The minimum Gasteiger partial charge on any atom is -0.388 e. The number of fused-ring (bicyclic) bond motifs is 1. The van der Waals surface area contributed by atoms with Gasteiger partial charge in [-0.3, -0.25) is 0 Å². The molecule has 2 aromatic rings. The molecule has 2 rings (SSSR count). The van der Waals surface area contributed by atoms with Gasteiger partial charge in [-0.05, 0) is 36.7 Å². The lowest BCUT2D eigenvalue weighted by Gasteiger charge is -1.94. The summed E-state index contributed by atoms with van der Waals surface area (Å²) in [5.74, 6) is 0.568. The zero-order chi connectivity index (χ0) is 9.26. The lowest BCUT2D eigenvalue weighted by molar-refractivity contribution is 0.508. The van der Waals surface area contributed by atoms with Crippen LogP contribution in [-0.4, -0.2) is 4.37 Å². The van der Waals surface area contributed by atoms with Crippen LogP contribution in [0.25, 0.3) is 10.1 Å². The zero-order valence-corrected chi connectivity index (χ0v) is 7.76. The Morgan fingerprint density at radius 1 is 1.54 bits per heavy atom. The highest BCUT2D eigenvalue weighted by molar-refractivity contribution is 7.13. The number of nitrogens with zero attached hydrogens (tertiary/aromatic N) is 2. The van der Waals surface area contributed by atoms with Gasteiger partial charge in [0.15, 0.2) is 0 Å². The van der Waals surface area contributed by atoms with E-state index in [1.807, 2.05) is 19.1 Å². The van der Waals surface area contributed by atoms with Crippen LogP contribution >= 0.6 is 11.5 Å². The third kappa shape index (κ3) is 1.34. The first kappa shape index (κ1) is 8.02. The fourth-order valence-electron chi connectivity index (χ4n) is 1.15. The summed E-state index contributed by atoms with van der Waals surface area (Å²) in [6.45, 7) is 1.94. The van der Waals surface area contributed by atoms with Crippen LogP contribution in [0.5, 0.6) is 5.75 Å². The predicted molar refractivity (Wildman–Crippen MR) is 50.6 cm³/mol. The number of ether oxygens (including phenoxy) is 1. The van der Waals surface area contributed by atoms with Crippen molar-refractivity contribution < 1.29 is 4.74 Å². The highest BCUT2D eigenvalue weighted by Gasteiger charge is 2.03. The maximum atomic E-state index is 8.33. The summed E-state index contributed by atoms with van der Waals surface area (Å²) in [5, 5.41) is 9.38. The van der Waals surface area contributed by atoms with E-state index in [1.54, 1.807) is 12.3 Å². The number of hydrogen-bond acceptors (Lipinski definition) is 4. The number of hydrogen-bond donors (Lipinski definition) is 0. The molecule has 0 saturated heterocycles. The molecule has 4 heteroatoms. The molecule has 1 aromatic heterocycles. The number of rotatable bonds is 1. The molecule has 13 heavy (non-hydrogen) atoms.